The fraction of sp³-hybridized carbons (Fsp3) is 0.495. The molecule has 2 aliphatic rings. The van der Waals surface area contributed by atoms with Gasteiger partial charge in [-0.3, -0.25) is 9.59 Å². The number of carbonyl (C=O) groups excluding carboxylic acids is 2. The Morgan fingerprint density at radius 3 is 1.60 bits per heavy atom. The number of phenols is 1. The number of fused-ring (bicyclic) bond motifs is 5. The number of nitrogens with zero attached hydrogens (tertiary/aromatic N) is 2. The molecule has 568 valence electrons. The summed E-state index contributed by atoms with van der Waals surface area (Å²) >= 11 is 0. The third-order valence-electron chi connectivity index (χ3n) is 14.6. The topological polar surface area (TPSA) is 212 Å². The van der Waals surface area contributed by atoms with E-state index in [1.807, 2.05) is 166 Å². The number of esters is 1. The summed E-state index contributed by atoms with van der Waals surface area (Å²) in [6.07, 6.45) is 12.4. The molecule has 13 nitrogen and oxygen atoms in total. The first-order chi connectivity index (χ1) is 47.6. The molecule has 0 spiro atoms. The maximum atomic E-state index is 13.4. The van der Waals surface area contributed by atoms with Crippen molar-refractivity contribution in [3.63, 3.8) is 0 Å². The highest BCUT2D eigenvalue weighted by Gasteiger charge is 2.26. The lowest BCUT2D eigenvalue weighted by Crippen LogP contribution is -2.21. The minimum atomic E-state index is -1.16. The molecule has 104 heavy (non-hydrogen) atoms. The van der Waals surface area contributed by atoms with Crippen molar-refractivity contribution in [3.8, 4) is 46.6 Å². The molecule has 1 aromatic heterocycles. The number of terminal acetylenes is 1. The van der Waals surface area contributed by atoms with E-state index in [9.17, 15) is 24.3 Å². The summed E-state index contributed by atoms with van der Waals surface area (Å²) < 4.78 is 19.4. The van der Waals surface area contributed by atoms with E-state index in [4.69, 9.17) is 40.6 Å². The molecule has 0 saturated carbocycles. The molecule has 5 aromatic carbocycles. The summed E-state index contributed by atoms with van der Waals surface area (Å²) in [5.74, 6) is 2.20. The number of aliphatic carboxylic acids is 1. The SMILES string of the molecule is C#CCC(C)(C)C.C=CCC(C)(C)C.CC(C)(C)CC#N.CC(C)(C)CC(=O)O.CC(C)(C)CC(=O)c1cc2ccccc2oc1=O.CC(C)(C)CC(O)O.CC(C)(C)Cc1ccccc1.C[N+](C)=c1ccc2c(-c3ccccc3C(=O)OCCCC(C)(C)C)c3ccc4cccc(O)c4c3oc-2c1. The molecule has 6 aromatic rings. The molecule has 0 bridgehead atoms. The van der Waals surface area contributed by atoms with Gasteiger partial charge in [0.05, 0.1) is 36.1 Å². The van der Waals surface area contributed by atoms with E-state index < -0.39 is 17.9 Å². The van der Waals surface area contributed by atoms with Crippen molar-refractivity contribution in [2.24, 2.45) is 43.3 Å². The van der Waals surface area contributed by atoms with Crippen LogP contribution in [0.3, 0.4) is 0 Å². The summed E-state index contributed by atoms with van der Waals surface area (Å²) in [6, 6.07) is 44.6. The number of aliphatic hydroxyl groups is 2. The van der Waals surface area contributed by atoms with E-state index in [2.05, 4.69) is 153 Å². The first kappa shape index (κ1) is 93.4. The number of Topliss-reactive ketones (excluding diaryl/α,β-unsaturated/α-hetero) is 1. The molecule has 8 rings (SSSR count). The van der Waals surface area contributed by atoms with Crippen molar-refractivity contribution < 1.29 is 48.4 Å². The lowest BCUT2D eigenvalue weighted by atomic mass is 9.88. The van der Waals surface area contributed by atoms with Crippen LogP contribution in [0.25, 0.3) is 55.2 Å². The number of carboxylic acids is 1. The quantitative estimate of drug-likeness (QED) is 0.00910. The smallest absolute Gasteiger partial charge is 0.347 e. The Balaban J connectivity index is 0.000000680. The Morgan fingerprint density at radius 2 is 1.15 bits per heavy atom. The van der Waals surface area contributed by atoms with Gasteiger partial charge in [0.1, 0.15) is 42.3 Å². The normalized spacial score (nSPS) is 11.6. The number of benzene rings is 6. The molecule has 1 aliphatic carbocycles. The molecule has 0 fully saturated rings. The molecule has 13 heteroatoms. The maximum absolute atomic E-state index is 13.4. The number of ketones is 1. The Hall–Kier alpha value is -8.62. The minimum Gasteiger partial charge on any atom is -0.507 e. The molecule has 2 heterocycles. The van der Waals surface area contributed by atoms with Gasteiger partial charge in [-0.15, -0.1) is 18.9 Å². The highest BCUT2D eigenvalue weighted by atomic mass is 16.5. The Bertz CT molecular complexity index is 4140. The second kappa shape index (κ2) is 41.8. The number of carbonyl (C=O) groups is 3. The molecular weight excluding hydrogens is 1300 g/mol. The van der Waals surface area contributed by atoms with Crippen molar-refractivity contribution in [1.29, 1.82) is 5.26 Å². The number of phenolic OH excluding ortho intramolecular Hbond substituents is 1. The average Bonchev–Trinajstić information content (AvgIpc) is 0.720. The first-order valence-electron chi connectivity index (χ1n) is 36.1. The number of carboxylic acid groups (broad SMARTS) is 1. The number of nitriles is 1. The molecule has 0 atom stereocenters. The van der Waals surface area contributed by atoms with E-state index in [-0.39, 0.29) is 56.6 Å². The van der Waals surface area contributed by atoms with Crippen molar-refractivity contribution in [1.82, 2.24) is 4.58 Å². The molecule has 0 unspecified atom stereocenters. The minimum absolute atomic E-state index is 0.0220. The fourth-order valence-electron chi connectivity index (χ4n) is 10.00. The van der Waals surface area contributed by atoms with Gasteiger partial charge in [0.25, 0.3) is 0 Å². The number of aliphatic hydroxyl groups excluding tert-OH is 1. The third kappa shape index (κ3) is 39.9. The van der Waals surface area contributed by atoms with Crippen LogP contribution in [-0.2, 0) is 16.0 Å². The molecule has 4 N–H and O–H groups in total. The highest BCUT2D eigenvalue weighted by Crippen LogP contribution is 2.45. The summed E-state index contributed by atoms with van der Waals surface area (Å²) in [5.41, 5.74) is 6.47. The van der Waals surface area contributed by atoms with Crippen LogP contribution in [0.1, 0.15) is 244 Å². The third-order valence-corrected chi connectivity index (χ3v) is 14.6. The fourth-order valence-corrected chi connectivity index (χ4v) is 10.00. The molecular formula is C91H129N2O11+. The summed E-state index contributed by atoms with van der Waals surface area (Å²) in [6.45, 7) is 54.0. The second-order valence-corrected chi connectivity index (χ2v) is 36.4. The van der Waals surface area contributed by atoms with E-state index >= 15 is 0 Å². The zero-order valence-electron chi connectivity index (χ0n) is 68.3. The highest BCUT2D eigenvalue weighted by molar-refractivity contribution is 6.16. The predicted molar refractivity (Wildman–Crippen MR) is 435 cm³/mol. The maximum Gasteiger partial charge on any atom is 0.347 e. The Labute approximate surface area is 624 Å². The van der Waals surface area contributed by atoms with E-state index in [0.29, 0.717) is 70.0 Å². The molecule has 0 saturated heterocycles. The van der Waals surface area contributed by atoms with Crippen LogP contribution < -0.4 is 15.6 Å². The van der Waals surface area contributed by atoms with Crippen molar-refractivity contribution in [3.05, 3.63) is 179 Å². The standard InChI is InChI=1S/C33H33NO4.C15H16O3.C11H16.C7H14.C7H12.C6H11N.C6H14O2.C6H12O2/c1-33(2,3)18-9-19-37-32(36)24-12-7-6-11-23(24)30-25-17-15-22(34(4)5)20-28(25)38-31-26(30)16-14-21-10-8-13-27(35)29(21)31;1-15(2,3)9-12(16)11-8-10-6-4-5-7-13(10)18-14(11)17;1-11(2,3)9-10-7-5-4-6-8-10;2*1-5-6-7(2,3)4;1-6(2,3)4-5-7;2*1-6(2,3)4-5(7)8/h6-8,10-17,20H,9,18-19H2,1-5H3;4-8H,9H2,1-3H3;4-8H,9H2,1-3H3;5H,1,6H2,2-4H3;1H,6H2,2-4H3;4H2,1-3H3;5,7-8H,4H2,1-3H3;4H2,1-3H3,(H,7,8)/p+1. The average molecular weight is 1430 g/mol. The number of ether oxygens (including phenoxy) is 1. The van der Waals surface area contributed by atoms with Crippen molar-refractivity contribution in [2.45, 2.75) is 230 Å². The second-order valence-electron chi connectivity index (χ2n) is 36.4. The van der Waals surface area contributed by atoms with E-state index in [1.54, 1.807) is 24.3 Å². The lowest BCUT2D eigenvalue weighted by Gasteiger charge is -2.19. The van der Waals surface area contributed by atoms with Gasteiger partial charge < -0.3 is 34.0 Å². The number of hydrogen-bond acceptors (Lipinski definition) is 11. The van der Waals surface area contributed by atoms with Crippen LogP contribution in [0.2, 0.25) is 0 Å². The van der Waals surface area contributed by atoms with Gasteiger partial charge in [0.2, 0.25) is 5.36 Å². The molecule has 0 amide bonds. The molecule has 0 radical (unpaired) electrons. The predicted octanol–water partition coefficient (Wildman–Crippen LogP) is 22.6. The van der Waals surface area contributed by atoms with E-state index in [1.165, 1.54) is 5.56 Å². The zero-order valence-corrected chi connectivity index (χ0v) is 68.3. The molecule has 1 aliphatic heterocycles. The van der Waals surface area contributed by atoms with Crippen LogP contribution in [0.4, 0.5) is 0 Å². The monoisotopic (exact) mass is 1430 g/mol. The largest absolute Gasteiger partial charge is 0.507 e. The van der Waals surface area contributed by atoms with Gasteiger partial charge in [0, 0.05) is 53.6 Å². The first-order valence-corrected chi connectivity index (χ1v) is 36.1. The van der Waals surface area contributed by atoms with Crippen LogP contribution in [0, 0.1) is 67.0 Å². The number of rotatable bonds is 11. The number of aromatic hydroxyl groups is 1. The van der Waals surface area contributed by atoms with Crippen LogP contribution >= 0.6 is 0 Å². The Morgan fingerprint density at radius 1 is 0.596 bits per heavy atom. The van der Waals surface area contributed by atoms with Gasteiger partial charge in [0.15, 0.2) is 12.1 Å². The van der Waals surface area contributed by atoms with Crippen molar-refractivity contribution in [2.75, 3.05) is 20.7 Å². The van der Waals surface area contributed by atoms with E-state index in [0.717, 1.165) is 70.3 Å². The van der Waals surface area contributed by atoms with Crippen molar-refractivity contribution >= 4 is 50.4 Å². The summed E-state index contributed by atoms with van der Waals surface area (Å²) in [5, 5.41) is 48.2. The van der Waals surface area contributed by atoms with Crippen LogP contribution in [0.15, 0.2) is 160 Å². The number of allylic oxidation sites excluding steroid dienone is 1. The number of para-hydroxylation sites is 1. The van der Waals surface area contributed by atoms with Gasteiger partial charge in [-0.1, -0.05) is 257 Å². The lowest BCUT2D eigenvalue weighted by molar-refractivity contribution is -0.139. The van der Waals surface area contributed by atoms with Gasteiger partial charge in [-0.25, -0.2) is 14.2 Å². The van der Waals surface area contributed by atoms with Crippen LogP contribution in [-0.4, -0.2) is 65.1 Å². The Kier molecular flexibility index (Phi) is 37.5. The van der Waals surface area contributed by atoms with Gasteiger partial charge in [-0.05, 0) is 122 Å². The summed E-state index contributed by atoms with van der Waals surface area (Å²) in [4.78, 5) is 47.2. The van der Waals surface area contributed by atoms with Crippen LogP contribution in [0.5, 0.6) is 5.75 Å². The summed E-state index contributed by atoms with van der Waals surface area (Å²) in [7, 11) is 3.96. The zero-order chi connectivity index (χ0) is 80.0. The van der Waals surface area contributed by atoms with Gasteiger partial charge in [-0.2, -0.15) is 5.26 Å². The van der Waals surface area contributed by atoms with Gasteiger partial charge >= 0.3 is 17.6 Å². The number of hydrogen-bond donors (Lipinski definition) is 4.